The number of carbonyl (C=O) groups excluding carboxylic acids is 2. The molecule has 39 heavy (non-hydrogen) atoms. The Morgan fingerprint density at radius 1 is 0.974 bits per heavy atom. The first-order valence-corrected chi connectivity index (χ1v) is 14.3. The molecule has 203 valence electrons. The van der Waals surface area contributed by atoms with Crippen molar-refractivity contribution in [3.63, 3.8) is 0 Å². The fourth-order valence-corrected chi connectivity index (χ4v) is 6.11. The fraction of sp³-hybridized carbons (Fsp3) is 0.364. The number of piperidine rings is 1. The van der Waals surface area contributed by atoms with Gasteiger partial charge >= 0.3 is 5.97 Å². The van der Waals surface area contributed by atoms with Crippen molar-refractivity contribution < 1.29 is 14.3 Å². The monoisotopic (exact) mass is 543 g/mol. The summed E-state index contributed by atoms with van der Waals surface area (Å²) in [6.07, 6.45) is 4.83. The number of unbranched alkanes of at least 4 members (excludes halogenated alkanes) is 2. The van der Waals surface area contributed by atoms with Crippen molar-refractivity contribution in [2.24, 2.45) is 5.92 Å². The van der Waals surface area contributed by atoms with Crippen LogP contribution in [0, 0.1) is 12.3 Å². The summed E-state index contributed by atoms with van der Waals surface area (Å²) in [5.74, 6) is -0.00265. The van der Waals surface area contributed by atoms with E-state index in [-0.39, 0.29) is 29.6 Å². The lowest BCUT2D eigenvalue weighted by Gasteiger charge is -2.36. The zero-order chi connectivity index (χ0) is 27.2. The molecule has 3 aromatic rings. The molecule has 0 spiro atoms. The second-order valence-electron chi connectivity index (χ2n) is 10.7. The van der Waals surface area contributed by atoms with E-state index in [0.717, 1.165) is 32.4 Å². The Morgan fingerprint density at radius 2 is 1.64 bits per heavy atom. The molecular weight excluding hydrogens is 508 g/mol. The highest BCUT2D eigenvalue weighted by atomic mass is 35.5. The van der Waals surface area contributed by atoms with Gasteiger partial charge in [0.05, 0.1) is 12.3 Å². The number of hydrogen-bond acceptors (Lipinski definition) is 4. The van der Waals surface area contributed by atoms with E-state index in [2.05, 4.69) is 41.5 Å². The predicted octanol–water partition coefficient (Wildman–Crippen LogP) is 6.22. The summed E-state index contributed by atoms with van der Waals surface area (Å²) in [7, 11) is 2.07. The van der Waals surface area contributed by atoms with Crippen LogP contribution in [0.2, 0.25) is 5.02 Å². The maximum Gasteiger partial charge on any atom is 0.309 e. The van der Waals surface area contributed by atoms with E-state index in [1.807, 2.05) is 48.5 Å². The zero-order valence-electron chi connectivity index (χ0n) is 22.4. The lowest BCUT2D eigenvalue weighted by Crippen LogP contribution is -2.45. The van der Waals surface area contributed by atoms with E-state index in [1.54, 1.807) is 6.42 Å². The van der Waals surface area contributed by atoms with Gasteiger partial charge in [0.15, 0.2) is 0 Å². The number of esters is 1. The van der Waals surface area contributed by atoms with Gasteiger partial charge in [-0.2, -0.15) is 0 Å². The summed E-state index contributed by atoms with van der Waals surface area (Å²) in [6, 6.07) is 24.5. The van der Waals surface area contributed by atoms with Crippen molar-refractivity contribution in [3.05, 3.63) is 101 Å². The Morgan fingerprint density at radius 3 is 2.33 bits per heavy atom. The highest BCUT2D eigenvalue weighted by Gasteiger charge is 2.34. The molecule has 5 nitrogen and oxygen atoms in total. The Bertz CT molecular complexity index is 1250. The number of carbonyl (C=O) groups is 2. The number of fused-ring (bicyclic) bond motifs is 3. The van der Waals surface area contributed by atoms with E-state index < -0.39 is 0 Å². The molecule has 1 aliphatic carbocycles. The van der Waals surface area contributed by atoms with Gasteiger partial charge in [-0.25, -0.2) is 0 Å². The molecule has 1 fully saturated rings. The van der Waals surface area contributed by atoms with E-state index in [9.17, 15) is 9.59 Å². The van der Waals surface area contributed by atoms with Gasteiger partial charge in [0.2, 0.25) is 5.91 Å². The van der Waals surface area contributed by atoms with E-state index in [4.69, 9.17) is 16.3 Å². The van der Waals surface area contributed by atoms with Crippen LogP contribution in [-0.4, -0.2) is 50.1 Å². The highest BCUT2D eigenvalue weighted by molar-refractivity contribution is 6.30. The lowest BCUT2D eigenvalue weighted by molar-refractivity contribution is -0.140. The molecule has 0 aromatic heterocycles. The second-order valence-corrected chi connectivity index (χ2v) is 11.1. The number of rotatable bonds is 10. The molecule has 1 saturated heterocycles. The summed E-state index contributed by atoms with van der Waals surface area (Å²) in [4.78, 5) is 27.7. The summed E-state index contributed by atoms with van der Waals surface area (Å²) in [5.41, 5.74) is 6.04. The normalized spacial score (nSPS) is 18.8. The van der Waals surface area contributed by atoms with Gasteiger partial charge in [-0.15, -0.1) is 0 Å². The average Bonchev–Trinajstić information content (AvgIpc) is 3.28. The molecule has 6 heteroatoms. The van der Waals surface area contributed by atoms with Crippen LogP contribution in [0.15, 0.2) is 72.8 Å². The standard InChI is InChI=1S/C33H36ClN2O3/c1-36-20-18-25(23-14-16-24(34)17-15-23)30(21-36)33(38)35-19-8-2-3-13-32(37)39-22-31-28-11-6-4-9-26(28)27-10-5-7-12-29(27)31/h4-7,9-17,25,30-31H,2-3,8,18-22H2,1H3,(H,35,38)/t25-,30?/m1/s1. The fourth-order valence-electron chi connectivity index (χ4n) is 5.99. The minimum absolute atomic E-state index is 0.0699. The van der Waals surface area contributed by atoms with Crippen LogP contribution < -0.4 is 5.32 Å². The van der Waals surface area contributed by atoms with E-state index >= 15 is 0 Å². The molecule has 1 radical (unpaired) electrons. The molecule has 5 rings (SSSR count). The van der Waals surface area contributed by atoms with Crippen LogP contribution in [0.3, 0.4) is 0 Å². The topological polar surface area (TPSA) is 58.6 Å². The molecule has 1 amide bonds. The molecule has 0 saturated carbocycles. The van der Waals surface area contributed by atoms with Crippen molar-refractivity contribution in [3.8, 4) is 11.1 Å². The predicted molar refractivity (Wildman–Crippen MR) is 156 cm³/mol. The third-order valence-electron chi connectivity index (χ3n) is 8.05. The summed E-state index contributed by atoms with van der Waals surface area (Å²) in [6.45, 7) is 2.66. The van der Waals surface area contributed by atoms with Gasteiger partial charge in [-0.3, -0.25) is 9.59 Å². The van der Waals surface area contributed by atoms with Gasteiger partial charge < -0.3 is 15.0 Å². The molecule has 0 bridgehead atoms. The maximum atomic E-state index is 13.1. The van der Waals surface area contributed by atoms with Crippen molar-refractivity contribution >= 4 is 23.5 Å². The van der Waals surface area contributed by atoms with Crippen LogP contribution in [0.4, 0.5) is 0 Å². The SMILES string of the molecule is CN1CC[C@H](c2ccc(Cl)cc2)C(C(=O)NCCCC[CH]C(=O)OCC2c3ccccc3-c3ccccc32)C1. The Kier molecular flexibility index (Phi) is 9.00. The molecule has 3 aromatic carbocycles. The number of benzene rings is 3. The van der Waals surface area contributed by atoms with E-state index in [1.165, 1.54) is 27.8 Å². The quantitative estimate of drug-likeness (QED) is 0.243. The molecule has 2 aliphatic rings. The third kappa shape index (κ3) is 6.54. The van der Waals surface area contributed by atoms with Gasteiger partial charge in [-0.1, -0.05) is 78.7 Å². The van der Waals surface area contributed by atoms with Gasteiger partial charge in [-0.05, 0) is 78.7 Å². The zero-order valence-corrected chi connectivity index (χ0v) is 23.2. The Hall–Kier alpha value is -3.15. The molecular formula is C33H36ClN2O3. The number of ether oxygens (including phenoxy) is 1. The first kappa shape index (κ1) is 27.4. The van der Waals surface area contributed by atoms with E-state index in [0.29, 0.717) is 24.6 Å². The van der Waals surface area contributed by atoms with Crippen LogP contribution in [0.5, 0.6) is 0 Å². The molecule has 2 atom stereocenters. The van der Waals surface area contributed by atoms with Crippen molar-refractivity contribution in [1.29, 1.82) is 0 Å². The Balaban J connectivity index is 1.03. The lowest BCUT2D eigenvalue weighted by atomic mass is 9.80. The highest BCUT2D eigenvalue weighted by Crippen LogP contribution is 2.44. The molecule has 1 heterocycles. The number of amides is 1. The number of halogens is 1. The minimum Gasteiger partial charge on any atom is -0.464 e. The number of likely N-dealkylation sites (tertiary alicyclic amines) is 1. The van der Waals surface area contributed by atoms with Crippen molar-refractivity contribution in [2.45, 2.75) is 37.5 Å². The smallest absolute Gasteiger partial charge is 0.309 e. The summed E-state index contributed by atoms with van der Waals surface area (Å²) >= 11 is 6.07. The van der Waals surface area contributed by atoms with Crippen LogP contribution in [0.25, 0.3) is 11.1 Å². The van der Waals surface area contributed by atoms with Gasteiger partial charge in [0, 0.05) is 24.0 Å². The first-order chi connectivity index (χ1) is 19.0. The summed E-state index contributed by atoms with van der Waals surface area (Å²) in [5, 5.41) is 3.84. The Labute approximate surface area is 236 Å². The van der Waals surface area contributed by atoms with Gasteiger partial charge in [0.25, 0.3) is 0 Å². The van der Waals surface area contributed by atoms with Gasteiger partial charge in [0.1, 0.15) is 6.61 Å². The number of nitrogens with zero attached hydrogens (tertiary/aromatic N) is 1. The van der Waals surface area contributed by atoms with Crippen molar-refractivity contribution in [1.82, 2.24) is 10.2 Å². The maximum absolute atomic E-state index is 13.1. The minimum atomic E-state index is -0.281. The molecule has 1 N–H and O–H groups in total. The first-order valence-electron chi connectivity index (χ1n) is 13.9. The van der Waals surface area contributed by atoms with Crippen LogP contribution in [-0.2, 0) is 14.3 Å². The van der Waals surface area contributed by atoms with Crippen molar-refractivity contribution in [2.75, 3.05) is 33.3 Å². The third-order valence-corrected chi connectivity index (χ3v) is 8.30. The molecule has 1 aliphatic heterocycles. The molecule has 1 unspecified atom stereocenters. The van der Waals surface area contributed by atoms with Crippen LogP contribution >= 0.6 is 11.6 Å². The number of hydrogen-bond donors (Lipinski definition) is 1. The average molecular weight is 544 g/mol. The van der Waals surface area contributed by atoms with Crippen LogP contribution in [0.1, 0.15) is 54.2 Å². The largest absolute Gasteiger partial charge is 0.464 e. The number of nitrogens with one attached hydrogen (secondary N) is 1. The summed E-state index contributed by atoms with van der Waals surface area (Å²) < 4.78 is 5.66. The second kappa shape index (κ2) is 12.8.